The Morgan fingerprint density at radius 2 is 1.91 bits per heavy atom. The first-order valence-corrected chi connectivity index (χ1v) is 10.3. The van der Waals surface area contributed by atoms with Gasteiger partial charge in [0, 0.05) is 11.4 Å². The molecule has 7 heteroatoms. The topological polar surface area (TPSA) is 55.4 Å². The Morgan fingerprint density at radius 1 is 1.17 bits per heavy atom. The zero-order valence-corrected chi connectivity index (χ0v) is 15.9. The van der Waals surface area contributed by atoms with Crippen LogP contribution >= 0.6 is 27.7 Å². The van der Waals surface area contributed by atoms with Crippen molar-refractivity contribution in [3.05, 3.63) is 53.0 Å². The highest BCUT2D eigenvalue weighted by Gasteiger charge is 2.15. The van der Waals surface area contributed by atoms with Crippen LogP contribution in [-0.2, 0) is 10.0 Å². The van der Waals surface area contributed by atoms with Gasteiger partial charge in [-0.1, -0.05) is 18.2 Å². The summed E-state index contributed by atoms with van der Waals surface area (Å²) < 4.78 is 32.8. The molecule has 0 saturated heterocycles. The minimum Gasteiger partial charge on any atom is -0.496 e. The Labute approximate surface area is 149 Å². The van der Waals surface area contributed by atoms with Crippen molar-refractivity contribution in [3.8, 4) is 5.75 Å². The monoisotopic (exact) mass is 415 g/mol. The van der Waals surface area contributed by atoms with Crippen molar-refractivity contribution in [1.82, 2.24) is 4.72 Å². The van der Waals surface area contributed by atoms with Gasteiger partial charge in [0.25, 0.3) is 0 Å². The summed E-state index contributed by atoms with van der Waals surface area (Å²) in [6, 6.07) is 14.8. The summed E-state index contributed by atoms with van der Waals surface area (Å²) in [5.74, 6) is 1.46. The molecule has 0 aliphatic rings. The van der Waals surface area contributed by atoms with Crippen molar-refractivity contribution in [2.75, 3.05) is 19.4 Å². The molecule has 0 unspecified atom stereocenters. The molecule has 2 rings (SSSR count). The van der Waals surface area contributed by atoms with Crippen LogP contribution in [0.25, 0.3) is 0 Å². The lowest BCUT2D eigenvalue weighted by Gasteiger charge is -2.09. The van der Waals surface area contributed by atoms with E-state index in [0.29, 0.717) is 16.8 Å². The van der Waals surface area contributed by atoms with Crippen LogP contribution < -0.4 is 9.46 Å². The highest BCUT2D eigenvalue weighted by atomic mass is 79.9. The Balaban J connectivity index is 1.83. The largest absolute Gasteiger partial charge is 0.496 e. The van der Waals surface area contributed by atoms with Gasteiger partial charge in [0.1, 0.15) is 5.75 Å². The van der Waals surface area contributed by atoms with Crippen molar-refractivity contribution < 1.29 is 13.2 Å². The molecule has 0 radical (unpaired) electrons. The summed E-state index contributed by atoms with van der Waals surface area (Å²) in [5, 5.41) is 0. The Morgan fingerprint density at radius 3 is 2.57 bits per heavy atom. The fourth-order valence-corrected chi connectivity index (χ4v) is 4.55. The number of sulfonamides is 1. The summed E-state index contributed by atoms with van der Waals surface area (Å²) in [6.45, 7) is 0.409. The van der Waals surface area contributed by atoms with Crippen LogP contribution in [0.15, 0.2) is 62.8 Å². The zero-order chi connectivity index (χ0) is 16.7. The van der Waals surface area contributed by atoms with Crippen LogP contribution in [0.5, 0.6) is 5.75 Å². The fraction of sp³-hybridized carbons (Fsp3) is 0.250. The quantitative estimate of drug-likeness (QED) is 0.524. The third kappa shape index (κ3) is 5.53. The van der Waals surface area contributed by atoms with Crippen LogP contribution in [0.2, 0.25) is 0 Å². The SMILES string of the molecule is COc1ccc(S(=O)(=O)NCCCSc2ccccc2)cc1Br. The van der Waals surface area contributed by atoms with Gasteiger partial charge in [-0.3, -0.25) is 0 Å². The second-order valence-corrected chi connectivity index (χ2v) is 8.50. The first-order chi connectivity index (χ1) is 11.0. The van der Waals surface area contributed by atoms with E-state index in [2.05, 4.69) is 20.7 Å². The molecule has 23 heavy (non-hydrogen) atoms. The average molecular weight is 416 g/mol. The molecular weight excluding hydrogens is 398 g/mol. The molecular formula is C16H18BrNO3S2. The van der Waals surface area contributed by atoms with E-state index < -0.39 is 10.0 Å². The minimum absolute atomic E-state index is 0.223. The van der Waals surface area contributed by atoms with Gasteiger partial charge in [0.05, 0.1) is 16.5 Å². The Hall–Kier alpha value is -1.02. The molecule has 0 heterocycles. The maximum absolute atomic E-state index is 12.2. The maximum Gasteiger partial charge on any atom is 0.240 e. The number of hydrogen-bond acceptors (Lipinski definition) is 4. The summed E-state index contributed by atoms with van der Waals surface area (Å²) >= 11 is 5.01. The van der Waals surface area contributed by atoms with E-state index in [0.717, 1.165) is 12.2 Å². The Bertz CT molecular complexity index is 736. The lowest BCUT2D eigenvalue weighted by Crippen LogP contribution is -2.25. The molecule has 124 valence electrons. The molecule has 0 amide bonds. The van der Waals surface area contributed by atoms with Gasteiger partial charge < -0.3 is 4.74 Å². The number of nitrogens with one attached hydrogen (secondary N) is 1. The molecule has 0 spiro atoms. The predicted molar refractivity (Wildman–Crippen MR) is 97.7 cm³/mol. The molecule has 0 bridgehead atoms. The summed E-state index contributed by atoms with van der Waals surface area (Å²) in [7, 11) is -1.96. The Kier molecular flexibility index (Phi) is 6.95. The van der Waals surface area contributed by atoms with Crippen molar-refractivity contribution in [2.45, 2.75) is 16.2 Å². The normalized spacial score (nSPS) is 11.4. The van der Waals surface area contributed by atoms with E-state index in [1.54, 1.807) is 23.9 Å². The standard InChI is InChI=1S/C16H18BrNO3S2/c1-21-16-9-8-14(12-15(16)17)23(19,20)18-10-5-11-22-13-6-3-2-4-7-13/h2-4,6-9,12,18H,5,10-11H2,1H3. The van der Waals surface area contributed by atoms with Crippen LogP contribution in [-0.4, -0.2) is 27.8 Å². The zero-order valence-electron chi connectivity index (χ0n) is 12.7. The second kappa shape index (κ2) is 8.73. The van der Waals surface area contributed by atoms with E-state index >= 15 is 0 Å². The highest BCUT2D eigenvalue weighted by Crippen LogP contribution is 2.27. The molecule has 0 aliphatic heterocycles. The number of hydrogen-bond donors (Lipinski definition) is 1. The molecule has 2 aromatic rings. The number of benzene rings is 2. The molecule has 0 aromatic heterocycles. The van der Waals surface area contributed by atoms with Gasteiger partial charge in [0.15, 0.2) is 0 Å². The van der Waals surface area contributed by atoms with Gasteiger partial charge >= 0.3 is 0 Å². The summed E-state index contributed by atoms with van der Waals surface area (Å²) in [4.78, 5) is 1.41. The fourth-order valence-electron chi connectivity index (χ4n) is 1.88. The molecule has 0 saturated carbocycles. The summed E-state index contributed by atoms with van der Waals surface area (Å²) in [5.41, 5.74) is 0. The third-order valence-corrected chi connectivity index (χ3v) is 6.24. The molecule has 0 atom stereocenters. The van der Waals surface area contributed by atoms with Gasteiger partial charge in [0.2, 0.25) is 10.0 Å². The van der Waals surface area contributed by atoms with Gasteiger partial charge in [-0.2, -0.15) is 0 Å². The first-order valence-electron chi connectivity index (χ1n) is 7.04. The van der Waals surface area contributed by atoms with Crippen LogP contribution in [0.4, 0.5) is 0 Å². The first kappa shape index (κ1) is 18.3. The maximum atomic E-state index is 12.2. The molecule has 0 fully saturated rings. The van der Waals surface area contributed by atoms with Gasteiger partial charge in [-0.25, -0.2) is 13.1 Å². The van der Waals surface area contributed by atoms with Crippen LogP contribution in [0.1, 0.15) is 6.42 Å². The van der Waals surface area contributed by atoms with E-state index in [4.69, 9.17) is 4.74 Å². The molecule has 4 nitrogen and oxygen atoms in total. The van der Waals surface area contributed by atoms with E-state index in [1.807, 2.05) is 30.3 Å². The van der Waals surface area contributed by atoms with E-state index in [-0.39, 0.29) is 4.90 Å². The van der Waals surface area contributed by atoms with Crippen molar-refractivity contribution in [1.29, 1.82) is 0 Å². The predicted octanol–water partition coefficient (Wildman–Crippen LogP) is 3.92. The lowest BCUT2D eigenvalue weighted by molar-refractivity contribution is 0.411. The molecule has 1 N–H and O–H groups in total. The van der Waals surface area contributed by atoms with Gasteiger partial charge in [-0.05, 0) is 58.4 Å². The van der Waals surface area contributed by atoms with Crippen molar-refractivity contribution in [3.63, 3.8) is 0 Å². The number of thioether (sulfide) groups is 1. The van der Waals surface area contributed by atoms with Crippen molar-refractivity contribution >= 4 is 37.7 Å². The average Bonchev–Trinajstić information content (AvgIpc) is 2.55. The van der Waals surface area contributed by atoms with E-state index in [9.17, 15) is 8.42 Å². The third-order valence-electron chi connectivity index (χ3n) is 3.06. The van der Waals surface area contributed by atoms with Crippen LogP contribution in [0, 0.1) is 0 Å². The number of ether oxygens (including phenoxy) is 1. The van der Waals surface area contributed by atoms with Gasteiger partial charge in [-0.15, -0.1) is 11.8 Å². The smallest absolute Gasteiger partial charge is 0.240 e. The van der Waals surface area contributed by atoms with E-state index in [1.165, 1.54) is 18.1 Å². The minimum atomic E-state index is -3.50. The highest BCUT2D eigenvalue weighted by molar-refractivity contribution is 9.10. The summed E-state index contributed by atoms with van der Waals surface area (Å²) in [6.07, 6.45) is 0.760. The molecule has 2 aromatic carbocycles. The number of halogens is 1. The van der Waals surface area contributed by atoms with Crippen LogP contribution in [0.3, 0.4) is 0 Å². The lowest BCUT2D eigenvalue weighted by atomic mass is 10.3. The number of rotatable bonds is 8. The number of methoxy groups -OCH3 is 1. The second-order valence-electron chi connectivity index (χ2n) is 4.71. The molecule has 0 aliphatic carbocycles. The van der Waals surface area contributed by atoms with Crippen molar-refractivity contribution in [2.24, 2.45) is 0 Å².